The molecular weight excluding hydrogens is 572 g/mol. The van der Waals surface area contributed by atoms with Gasteiger partial charge in [0.2, 0.25) is 0 Å². The van der Waals surface area contributed by atoms with Crippen LogP contribution < -0.4 is 0 Å². The molecule has 0 heterocycles. The van der Waals surface area contributed by atoms with Crippen molar-refractivity contribution in [1.82, 2.24) is 0 Å². The summed E-state index contributed by atoms with van der Waals surface area (Å²) in [5.41, 5.74) is 2.54. The Bertz CT molecular complexity index is 934. The largest absolute Gasteiger partial charge is 0.462 e. The molecule has 0 amide bonds. The monoisotopic (exact) mass is 653 g/mol. The molecule has 3 saturated carbocycles. The fourth-order valence-electron chi connectivity index (χ4n) is 11.6. The van der Waals surface area contributed by atoms with Crippen molar-refractivity contribution in [3.05, 3.63) is 11.6 Å². The number of hydrogen-bond donors (Lipinski definition) is 0. The van der Waals surface area contributed by atoms with Crippen molar-refractivity contribution < 1.29 is 9.53 Å². The van der Waals surface area contributed by atoms with E-state index in [2.05, 4.69) is 47.6 Å². The number of carbonyl (C=O) groups is 1. The number of fused-ring (bicyclic) bond motifs is 5. The summed E-state index contributed by atoms with van der Waals surface area (Å²) in [4.78, 5) is 12.8. The minimum atomic E-state index is 0.0653. The third-order valence-corrected chi connectivity index (χ3v) is 14.5. The number of unbranched alkanes of at least 4 members (excludes halogenated alkanes) is 14. The van der Waals surface area contributed by atoms with Gasteiger partial charge in [0.1, 0.15) is 6.10 Å². The standard InChI is InChI=1S/C45H80O2/c1-7-8-9-10-11-12-13-14-15-16-17-18-19-20-21-25-43(46)47-38-30-32-44(5)37(34-38)26-27-39-41-29-28-40(36(4)24-22-23-35(2)3)45(41,6)33-31-42(39)44/h26,35-36,38-42H,7-25,27-34H2,1-6H3/t36-,38-,39+,40-,41-,42+,44+,45-/m1/s1. The van der Waals surface area contributed by atoms with Crippen molar-refractivity contribution >= 4 is 5.97 Å². The van der Waals surface area contributed by atoms with E-state index in [0.29, 0.717) is 17.3 Å². The van der Waals surface area contributed by atoms with Crippen molar-refractivity contribution in [1.29, 1.82) is 0 Å². The maximum atomic E-state index is 12.8. The average Bonchev–Trinajstić information content (AvgIpc) is 3.40. The van der Waals surface area contributed by atoms with Crippen LogP contribution in [0, 0.1) is 46.3 Å². The van der Waals surface area contributed by atoms with Crippen LogP contribution in [0.1, 0.15) is 215 Å². The first kappa shape index (κ1) is 39.0. The van der Waals surface area contributed by atoms with E-state index in [9.17, 15) is 4.79 Å². The van der Waals surface area contributed by atoms with Crippen molar-refractivity contribution in [3.63, 3.8) is 0 Å². The second-order valence-corrected chi connectivity index (χ2v) is 18.3. The van der Waals surface area contributed by atoms with Crippen LogP contribution in [0.4, 0.5) is 0 Å². The van der Waals surface area contributed by atoms with Crippen molar-refractivity contribution in [2.75, 3.05) is 0 Å². The molecule has 0 aromatic carbocycles. The highest BCUT2D eigenvalue weighted by Gasteiger charge is 2.59. The Morgan fingerprint density at radius 1 is 0.745 bits per heavy atom. The van der Waals surface area contributed by atoms with Crippen LogP contribution in [0.15, 0.2) is 11.6 Å². The topological polar surface area (TPSA) is 26.3 Å². The smallest absolute Gasteiger partial charge is 0.306 e. The highest BCUT2D eigenvalue weighted by molar-refractivity contribution is 5.69. The molecule has 0 aliphatic heterocycles. The van der Waals surface area contributed by atoms with Crippen LogP contribution in [-0.4, -0.2) is 12.1 Å². The van der Waals surface area contributed by atoms with Crippen LogP contribution in [0.3, 0.4) is 0 Å². The molecule has 47 heavy (non-hydrogen) atoms. The molecule has 3 fully saturated rings. The molecule has 8 atom stereocenters. The van der Waals surface area contributed by atoms with Crippen LogP contribution in [0.25, 0.3) is 0 Å². The summed E-state index contributed by atoms with van der Waals surface area (Å²) >= 11 is 0. The Hall–Kier alpha value is -0.790. The fourth-order valence-corrected chi connectivity index (χ4v) is 11.6. The molecule has 0 spiro atoms. The summed E-state index contributed by atoms with van der Waals surface area (Å²) in [6.45, 7) is 15.0. The lowest BCUT2D eigenvalue weighted by atomic mass is 9.47. The minimum Gasteiger partial charge on any atom is -0.462 e. The van der Waals surface area contributed by atoms with E-state index in [0.717, 1.165) is 54.8 Å². The van der Waals surface area contributed by atoms with Crippen molar-refractivity contribution in [3.8, 4) is 0 Å². The van der Waals surface area contributed by atoms with Gasteiger partial charge in [-0.15, -0.1) is 0 Å². The number of hydrogen-bond acceptors (Lipinski definition) is 2. The number of esters is 1. The predicted molar refractivity (Wildman–Crippen MR) is 202 cm³/mol. The first-order valence-electron chi connectivity index (χ1n) is 21.6. The van der Waals surface area contributed by atoms with Crippen molar-refractivity contribution in [2.45, 2.75) is 221 Å². The van der Waals surface area contributed by atoms with Crippen LogP contribution in [0.5, 0.6) is 0 Å². The van der Waals surface area contributed by atoms with Gasteiger partial charge in [-0.25, -0.2) is 0 Å². The number of allylic oxidation sites excluding steroid dienone is 1. The van der Waals surface area contributed by atoms with Crippen LogP contribution >= 0.6 is 0 Å². The Morgan fingerprint density at radius 3 is 1.98 bits per heavy atom. The van der Waals surface area contributed by atoms with Gasteiger partial charge < -0.3 is 4.74 Å². The van der Waals surface area contributed by atoms with Gasteiger partial charge in [-0.1, -0.05) is 162 Å². The van der Waals surface area contributed by atoms with E-state index in [1.807, 2.05) is 0 Å². The lowest BCUT2D eigenvalue weighted by Crippen LogP contribution is -2.51. The zero-order chi connectivity index (χ0) is 33.7. The highest BCUT2D eigenvalue weighted by Crippen LogP contribution is 2.67. The Kier molecular flexibility index (Phi) is 16.2. The van der Waals surface area contributed by atoms with Gasteiger partial charge >= 0.3 is 5.97 Å². The zero-order valence-electron chi connectivity index (χ0n) is 32.5. The van der Waals surface area contributed by atoms with Crippen LogP contribution in [0.2, 0.25) is 0 Å². The third-order valence-electron chi connectivity index (χ3n) is 14.5. The molecule has 272 valence electrons. The quantitative estimate of drug-likeness (QED) is 0.0661. The van der Waals surface area contributed by atoms with Crippen molar-refractivity contribution in [2.24, 2.45) is 46.3 Å². The molecule has 0 aromatic heterocycles. The molecule has 0 unspecified atom stereocenters. The molecule has 2 heteroatoms. The lowest BCUT2D eigenvalue weighted by molar-refractivity contribution is -0.151. The summed E-state index contributed by atoms with van der Waals surface area (Å²) in [5, 5.41) is 0. The van der Waals surface area contributed by atoms with E-state index in [4.69, 9.17) is 4.74 Å². The summed E-state index contributed by atoms with van der Waals surface area (Å²) in [6.07, 6.45) is 38.4. The van der Waals surface area contributed by atoms with E-state index < -0.39 is 0 Å². The lowest BCUT2D eigenvalue weighted by Gasteiger charge is -2.58. The molecule has 0 aromatic rings. The molecule has 0 saturated heterocycles. The Morgan fingerprint density at radius 2 is 1.36 bits per heavy atom. The summed E-state index contributed by atoms with van der Waals surface area (Å²) < 4.78 is 6.13. The summed E-state index contributed by atoms with van der Waals surface area (Å²) in [6, 6.07) is 0. The molecule has 0 bridgehead atoms. The number of rotatable bonds is 22. The van der Waals surface area contributed by atoms with E-state index in [1.165, 1.54) is 148 Å². The Labute approximate surface area is 293 Å². The molecule has 0 radical (unpaired) electrons. The maximum Gasteiger partial charge on any atom is 0.306 e. The van der Waals surface area contributed by atoms with Gasteiger partial charge in [-0.3, -0.25) is 4.79 Å². The van der Waals surface area contributed by atoms with E-state index in [-0.39, 0.29) is 12.1 Å². The molecule has 4 rings (SSSR count). The van der Waals surface area contributed by atoms with E-state index >= 15 is 0 Å². The van der Waals surface area contributed by atoms with Gasteiger partial charge in [-0.05, 0) is 97.7 Å². The SMILES string of the molecule is CCCCCCCCCCCCCCCCCC(=O)O[C@@H]1CC[C@@]2(C)C(=CC[C@H]3[C@H]4CC[C@H]([C@H](C)CCCC(C)C)[C@@]4(C)CC[C@@H]32)C1. The minimum absolute atomic E-state index is 0.0653. The van der Waals surface area contributed by atoms with Gasteiger partial charge in [0.15, 0.2) is 0 Å². The first-order chi connectivity index (χ1) is 22.7. The number of ether oxygens (including phenoxy) is 1. The average molecular weight is 653 g/mol. The first-order valence-corrected chi connectivity index (χ1v) is 21.6. The normalized spacial score (nSPS) is 32.4. The fraction of sp³-hybridized carbons (Fsp3) is 0.933. The predicted octanol–water partition coefficient (Wildman–Crippen LogP) is 14.2. The van der Waals surface area contributed by atoms with Gasteiger partial charge in [0.25, 0.3) is 0 Å². The maximum absolute atomic E-state index is 12.8. The Balaban J connectivity index is 1.10. The summed E-state index contributed by atoms with van der Waals surface area (Å²) in [5.74, 6) is 5.34. The molecule has 0 N–H and O–H groups in total. The highest BCUT2D eigenvalue weighted by atomic mass is 16.5. The second kappa shape index (κ2) is 19.6. The van der Waals surface area contributed by atoms with E-state index in [1.54, 1.807) is 5.57 Å². The molecule has 4 aliphatic carbocycles. The number of carbonyl (C=O) groups excluding carboxylic acids is 1. The molecule has 4 aliphatic rings. The second-order valence-electron chi connectivity index (χ2n) is 18.3. The van der Waals surface area contributed by atoms with Gasteiger partial charge in [-0.2, -0.15) is 0 Å². The third kappa shape index (κ3) is 10.8. The molecule has 2 nitrogen and oxygen atoms in total. The van der Waals surface area contributed by atoms with Crippen LogP contribution in [-0.2, 0) is 9.53 Å². The van der Waals surface area contributed by atoms with Gasteiger partial charge in [0, 0.05) is 12.8 Å². The zero-order valence-corrected chi connectivity index (χ0v) is 32.5. The van der Waals surface area contributed by atoms with Gasteiger partial charge in [0.05, 0.1) is 0 Å². The summed E-state index contributed by atoms with van der Waals surface area (Å²) in [7, 11) is 0. The molecular formula is C45H80O2.